The molecule has 104 valence electrons. The Morgan fingerprint density at radius 2 is 2.05 bits per heavy atom. The van der Waals surface area contributed by atoms with Crippen molar-refractivity contribution in [1.29, 1.82) is 0 Å². The van der Waals surface area contributed by atoms with Crippen molar-refractivity contribution in [3.8, 4) is 0 Å². The van der Waals surface area contributed by atoms with Gasteiger partial charge in [0, 0.05) is 28.1 Å². The van der Waals surface area contributed by atoms with Crippen LogP contribution in [0.2, 0.25) is 0 Å². The maximum atomic E-state index is 11.1. The second-order valence-electron chi connectivity index (χ2n) is 4.90. The zero-order chi connectivity index (χ0) is 14.6. The molecule has 0 aliphatic rings. The summed E-state index contributed by atoms with van der Waals surface area (Å²) in [5.41, 5.74) is 12.2. The van der Waals surface area contributed by atoms with Crippen molar-refractivity contribution in [2.24, 2.45) is 11.5 Å². The largest absolute Gasteiger partial charge is 0.389 e. The van der Waals surface area contributed by atoms with Crippen LogP contribution in [-0.4, -0.2) is 22.7 Å². The first-order valence-electron chi connectivity index (χ1n) is 5.80. The predicted molar refractivity (Wildman–Crippen MR) is 85.6 cm³/mol. The Hall–Kier alpha value is -1.27. The number of anilines is 1. The number of carbonyl (C=O) groups excluding carboxylic acids is 1. The molecule has 1 aromatic rings. The number of carbonyl (C=O) groups is 1. The molecule has 19 heavy (non-hydrogen) atoms. The lowest BCUT2D eigenvalue weighted by molar-refractivity contribution is -0.118. The minimum atomic E-state index is -0.456. The molecule has 1 aromatic carbocycles. The first-order valence-corrected chi connectivity index (χ1v) is 7.43. The molecule has 0 aromatic heterocycles. The van der Waals surface area contributed by atoms with E-state index in [-0.39, 0.29) is 12.3 Å². The highest BCUT2D eigenvalue weighted by atomic mass is 32.2. The van der Waals surface area contributed by atoms with Crippen molar-refractivity contribution in [3.05, 3.63) is 23.8 Å². The molecule has 6 heteroatoms. The summed E-state index contributed by atoms with van der Waals surface area (Å²) in [7, 11) is 0. The van der Waals surface area contributed by atoms with Crippen LogP contribution in [0, 0.1) is 0 Å². The van der Waals surface area contributed by atoms with Gasteiger partial charge in [-0.1, -0.05) is 18.3 Å². The number of nitrogens with one attached hydrogen (secondary N) is 1. The predicted octanol–water partition coefficient (Wildman–Crippen LogP) is 2.11. The summed E-state index contributed by atoms with van der Waals surface area (Å²) in [6.07, 6.45) is 2.20. The van der Waals surface area contributed by atoms with Crippen LogP contribution in [0.25, 0.3) is 0 Å². The molecule has 5 N–H and O–H groups in total. The zero-order valence-electron chi connectivity index (χ0n) is 11.3. The molecular formula is C13H19N3OS2. The van der Waals surface area contributed by atoms with Crippen LogP contribution in [0.5, 0.6) is 0 Å². The monoisotopic (exact) mass is 297 g/mol. The normalized spacial score (nSPS) is 11.1. The first kappa shape index (κ1) is 15.8. The van der Waals surface area contributed by atoms with Crippen LogP contribution < -0.4 is 16.8 Å². The molecule has 0 heterocycles. The quantitative estimate of drug-likeness (QED) is 0.553. The van der Waals surface area contributed by atoms with Crippen molar-refractivity contribution in [2.75, 3.05) is 11.6 Å². The highest BCUT2D eigenvalue weighted by Gasteiger charge is 2.22. The van der Waals surface area contributed by atoms with E-state index in [1.54, 1.807) is 11.8 Å². The van der Waals surface area contributed by atoms with Gasteiger partial charge in [-0.2, -0.15) is 0 Å². The number of nitrogens with two attached hydrogens (primary N) is 2. The molecule has 0 saturated carbocycles. The smallest absolute Gasteiger partial charge is 0.219 e. The zero-order valence-corrected chi connectivity index (χ0v) is 13.0. The standard InChI is InChI=1S/C13H19N3OS2/c1-13(2,7-10(14)17)16-8-5-4-6-9(19-3)11(8)12(15)18/h4-6,16H,7H2,1-3H3,(H2,14,17)(H2,15,18). The van der Waals surface area contributed by atoms with Crippen LogP contribution in [0.4, 0.5) is 5.69 Å². The molecular weight excluding hydrogens is 278 g/mol. The molecule has 0 spiro atoms. The van der Waals surface area contributed by atoms with E-state index in [9.17, 15) is 4.79 Å². The van der Waals surface area contributed by atoms with Crippen LogP contribution in [0.1, 0.15) is 25.8 Å². The lowest BCUT2D eigenvalue weighted by Crippen LogP contribution is -2.36. The number of thioether (sulfide) groups is 1. The van der Waals surface area contributed by atoms with E-state index in [2.05, 4.69) is 5.32 Å². The van der Waals surface area contributed by atoms with Crippen LogP contribution in [-0.2, 0) is 4.79 Å². The summed E-state index contributed by atoms with van der Waals surface area (Å²) >= 11 is 6.69. The van der Waals surface area contributed by atoms with E-state index < -0.39 is 5.54 Å². The molecule has 0 bridgehead atoms. The van der Waals surface area contributed by atoms with Crippen LogP contribution in [0.3, 0.4) is 0 Å². The highest BCUT2D eigenvalue weighted by Crippen LogP contribution is 2.29. The maximum absolute atomic E-state index is 11.1. The first-order chi connectivity index (χ1) is 8.76. The minimum Gasteiger partial charge on any atom is -0.389 e. The molecule has 1 amide bonds. The van der Waals surface area contributed by atoms with E-state index in [1.165, 1.54) is 0 Å². The van der Waals surface area contributed by atoms with Crippen molar-refractivity contribution in [1.82, 2.24) is 0 Å². The Balaban J connectivity index is 3.14. The highest BCUT2D eigenvalue weighted by molar-refractivity contribution is 7.98. The van der Waals surface area contributed by atoms with Gasteiger partial charge in [0.05, 0.1) is 0 Å². The van der Waals surface area contributed by atoms with Gasteiger partial charge in [0.25, 0.3) is 0 Å². The molecule has 0 fully saturated rings. The summed E-state index contributed by atoms with van der Waals surface area (Å²) in [5.74, 6) is -0.351. The van der Waals surface area contributed by atoms with Gasteiger partial charge in [-0.25, -0.2) is 0 Å². The minimum absolute atomic E-state index is 0.229. The Labute approximate surface area is 123 Å². The second kappa shape index (κ2) is 6.25. The number of benzene rings is 1. The van der Waals surface area contributed by atoms with Gasteiger partial charge >= 0.3 is 0 Å². The number of hydrogen-bond acceptors (Lipinski definition) is 4. The van der Waals surface area contributed by atoms with Crippen molar-refractivity contribution in [3.63, 3.8) is 0 Å². The third-order valence-corrected chi connectivity index (χ3v) is 3.57. The number of thiocarbonyl (C=S) groups is 1. The third-order valence-electron chi connectivity index (χ3n) is 2.58. The molecule has 0 aliphatic carbocycles. The summed E-state index contributed by atoms with van der Waals surface area (Å²) in [6, 6.07) is 5.79. The van der Waals surface area contributed by atoms with Gasteiger partial charge in [-0.15, -0.1) is 11.8 Å². The fraction of sp³-hybridized carbons (Fsp3) is 0.385. The fourth-order valence-corrected chi connectivity index (χ4v) is 2.83. The summed E-state index contributed by atoms with van der Waals surface area (Å²) in [4.78, 5) is 12.4. The fourth-order valence-electron chi connectivity index (χ4n) is 1.90. The van der Waals surface area contributed by atoms with E-state index >= 15 is 0 Å². The third kappa shape index (κ3) is 4.40. The van der Waals surface area contributed by atoms with E-state index in [1.807, 2.05) is 38.3 Å². The van der Waals surface area contributed by atoms with Gasteiger partial charge < -0.3 is 16.8 Å². The molecule has 0 saturated heterocycles. The van der Waals surface area contributed by atoms with Crippen molar-refractivity contribution < 1.29 is 4.79 Å². The molecule has 0 unspecified atom stereocenters. The number of amides is 1. The summed E-state index contributed by atoms with van der Waals surface area (Å²) in [5, 5.41) is 3.29. The Morgan fingerprint density at radius 3 is 2.53 bits per heavy atom. The van der Waals surface area contributed by atoms with Crippen molar-refractivity contribution in [2.45, 2.75) is 30.7 Å². The average molecular weight is 297 g/mol. The SMILES string of the molecule is CSc1cccc(NC(C)(C)CC(N)=O)c1C(N)=S. The van der Waals surface area contributed by atoms with E-state index in [4.69, 9.17) is 23.7 Å². The molecule has 1 rings (SSSR count). The Morgan fingerprint density at radius 1 is 1.42 bits per heavy atom. The van der Waals surface area contributed by atoms with Gasteiger partial charge in [0.15, 0.2) is 0 Å². The average Bonchev–Trinajstić information content (AvgIpc) is 2.25. The van der Waals surface area contributed by atoms with Crippen LogP contribution >= 0.6 is 24.0 Å². The van der Waals surface area contributed by atoms with Gasteiger partial charge in [0.1, 0.15) is 4.99 Å². The van der Waals surface area contributed by atoms with E-state index in [0.717, 1.165) is 16.1 Å². The van der Waals surface area contributed by atoms with Crippen molar-refractivity contribution >= 4 is 40.6 Å². The van der Waals surface area contributed by atoms with Crippen LogP contribution in [0.15, 0.2) is 23.1 Å². The summed E-state index contributed by atoms with van der Waals surface area (Å²) < 4.78 is 0. The topological polar surface area (TPSA) is 81.1 Å². The number of hydrogen-bond donors (Lipinski definition) is 3. The van der Waals surface area contributed by atoms with Gasteiger partial charge in [0.2, 0.25) is 5.91 Å². The molecule has 0 aliphatic heterocycles. The van der Waals surface area contributed by atoms with E-state index in [0.29, 0.717) is 4.99 Å². The Bertz CT molecular complexity index is 501. The Kier molecular flexibility index (Phi) is 5.20. The molecule has 0 radical (unpaired) electrons. The lowest BCUT2D eigenvalue weighted by Gasteiger charge is -2.28. The number of primary amides is 1. The molecule has 4 nitrogen and oxygen atoms in total. The van der Waals surface area contributed by atoms with Gasteiger partial charge in [-0.05, 0) is 32.2 Å². The molecule has 0 atom stereocenters. The lowest BCUT2D eigenvalue weighted by atomic mass is 9.99. The summed E-state index contributed by atoms with van der Waals surface area (Å²) in [6.45, 7) is 3.82. The van der Waals surface area contributed by atoms with Gasteiger partial charge in [-0.3, -0.25) is 4.79 Å². The second-order valence-corrected chi connectivity index (χ2v) is 6.19. The number of rotatable bonds is 6. The maximum Gasteiger partial charge on any atom is 0.219 e.